The van der Waals surface area contributed by atoms with E-state index in [1.807, 2.05) is 0 Å². The Kier molecular flexibility index (Phi) is 3.06. The van der Waals surface area contributed by atoms with Crippen LogP contribution in [0.2, 0.25) is 0 Å². The number of aromatic nitrogens is 2. The number of fused-ring (bicyclic) bond motifs is 2. The van der Waals surface area contributed by atoms with Gasteiger partial charge in [0.1, 0.15) is 17.7 Å². The lowest BCUT2D eigenvalue weighted by atomic mass is 10.2. The van der Waals surface area contributed by atoms with Crippen molar-refractivity contribution in [2.75, 3.05) is 7.11 Å². The molecule has 2 aromatic rings. The van der Waals surface area contributed by atoms with Crippen LogP contribution in [0.25, 0.3) is 10.9 Å². The summed E-state index contributed by atoms with van der Waals surface area (Å²) in [5.41, 5.74) is 0.489. The third-order valence-electron chi connectivity index (χ3n) is 3.12. The summed E-state index contributed by atoms with van der Waals surface area (Å²) in [6, 6.07) is 5.18. The molecule has 0 saturated carbocycles. The Morgan fingerprint density at radius 2 is 2.28 bits per heavy atom. The van der Waals surface area contributed by atoms with Gasteiger partial charge in [0.25, 0.3) is 5.56 Å². The van der Waals surface area contributed by atoms with Crippen molar-refractivity contribution in [1.29, 1.82) is 0 Å². The molecular weight excluding hydrogens is 236 g/mol. The monoisotopic (exact) mass is 250 g/mol. The fourth-order valence-corrected chi connectivity index (χ4v) is 2.20. The van der Waals surface area contributed by atoms with Crippen molar-refractivity contribution in [2.45, 2.75) is 19.1 Å². The van der Waals surface area contributed by atoms with Gasteiger partial charge in [0.15, 0.2) is 0 Å². The number of methoxy groups -OCH3 is 1. The quantitative estimate of drug-likeness (QED) is 0.771. The predicted octanol–water partition coefficient (Wildman–Crippen LogP) is 0.0175. The molecule has 0 unspecified atom stereocenters. The Balaban J connectivity index is 0.00000120. The van der Waals surface area contributed by atoms with Crippen LogP contribution < -0.4 is 10.3 Å². The van der Waals surface area contributed by atoms with E-state index in [-0.39, 0.29) is 11.0 Å². The van der Waals surface area contributed by atoms with Crippen LogP contribution in [0.1, 0.15) is 18.3 Å². The molecule has 1 atom stereocenters. The van der Waals surface area contributed by atoms with Crippen molar-refractivity contribution >= 4 is 10.9 Å². The largest absolute Gasteiger partial charge is 0.497 e. The Labute approximate surface area is 103 Å². The summed E-state index contributed by atoms with van der Waals surface area (Å²) in [6.45, 7) is 0.523. The van der Waals surface area contributed by atoms with Crippen LogP contribution in [-0.4, -0.2) is 27.2 Å². The van der Waals surface area contributed by atoms with Gasteiger partial charge >= 0.3 is 0 Å². The zero-order valence-corrected chi connectivity index (χ0v) is 9.88. The fraction of sp³-hybridized carbons (Fsp3) is 0.333. The average molecular weight is 250 g/mol. The Bertz CT molecular complexity index is 650. The zero-order valence-electron chi connectivity index (χ0n) is 9.88. The lowest BCUT2D eigenvalue weighted by Crippen LogP contribution is -2.21. The highest BCUT2D eigenvalue weighted by molar-refractivity contribution is 5.79. The van der Waals surface area contributed by atoms with Crippen LogP contribution in [0.5, 0.6) is 5.75 Å². The topological polar surface area (TPSA) is 95.9 Å². The van der Waals surface area contributed by atoms with Crippen LogP contribution in [0.4, 0.5) is 0 Å². The predicted molar refractivity (Wildman–Crippen MR) is 65.7 cm³/mol. The molecule has 0 aliphatic carbocycles. The fourth-order valence-electron chi connectivity index (χ4n) is 2.20. The van der Waals surface area contributed by atoms with Crippen molar-refractivity contribution in [3.8, 4) is 5.75 Å². The van der Waals surface area contributed by atoms with Crippen molar-refractivity contribution in [3.63, 3.8) is 0 Å². The highest BCUT2D eigenvalue weighted by Gasteiger charge is 2.24. The highest BCUT2D eigenvalue weighted by atomic mass is 16.5. The summed E-state index contributed by atoms with van der Waals surface area (Å²) in [5.74, 6) is 1.10. The Morgan fingerprint density at radius 3 is 3.00 bits per heavy atom. The van der Waals surface area contributed by atoms with Crippen molar-refractivity contribution < 1.29 is 15.3 Å². The molecule has 6 nitrogen and oxygen atoms in total. The molecule has 1 aromatic carbocycles. The van der Waals surface area contributed by atoms with E-state index < -0.39 is 6.10 Å². The van der Waals surface area contributed by atoms with Gasteiger partial charge in [0, 0.05) is 6.54 Å². The molecule has 0 radical (unpaired) electrons. The second kappa shape index (κ2) is 4.40. The summed E-state index contributed by atoms with van der Waals surface area (Å²) >= 11 is 0. The van der Waals surface area contributed by atoms with Gasteiger partial charge in [0.2, 0.25) is 0 Å². The second-order valence-electron chi connectivity index (χ2n) is 4.11. The molecular formula is C12H14N2O4. The molecule has 96 valence electrons. The molecule has 1 aliphatic heterocycles. The van der Waals surface area contributed by atoms with Gasteiger partial charge in [-0.3, -0.25) is 9.36 Å². The minimum Gasteiger partial charge on any atom is -0.497 e. The van der Waals surface area contributed by atoms with E-state index in [2.05, 4.69) is 4.98 Å². The number of rotatable bonds is 1. The van der Waals surface area contributed by atoms with Crippen LogP contribution >= 0.6 is 0 Å². The molecule has 1 aromatic heterocycles. The molecule has 2 heterocycles. The van der Waals surface area contributed by atoms with E-state index in [1.54, 1.807) is 25.3 Å². The molecule has 3 rings (SSSR count). The number of hydrogen-bond acceptors (Lipinski definition) is 4. The standard InChI is InChI=1S/C12H12N2O3.H2O/c1-17-7-2-3-9-8(6-7)12(16)14-5-4-10(15)11(14)13-9;/h2-3,6,10,15H,4-5H2,1H3;1H2/t10-;/m0./s1. The first-order valence-corrected chi connectivity index (χ1v) is 5.47. The summed E-state index contributed by atoms with van der Waals surface area (Å²) in [7, 11) is 1.56. The molecule has 0 amide bonds. The summed E-state index contributed by atoms with van der Waals surface area (Å²) in [4.78, 5) is 16.5. The minimum atomic E-state index is -0.630. The summed E-state index contributed by atoms with van der Waals surface area (Å²) < 4.78 is 6.63. The number of benzene rings is 1. The first kappa shape index (κ1) is 12.5. The number of aliphatic hydroxyl groups is 1. The van der Waals surface area contributed by atoms with E-state index in [9.17, 15) is 9.90 Å². The van der Waals surface area contributed by atoms with Gasteiger partial charge in [-0.2, -0.15) is 0 Å². The molecule has 6 heteroatoms. The van der Waals surface area contributed by atoms with Crippen LogP contribution in [0, 0.1) is 0 Å². The van der Waals surface area contributed by atoms with Crippen molar-refractivity contribution in [3.05, 3.63) is 34.4 Å². The smallest absolute Gasteiger partial charge is 0.261 e. The van der Waals surface area contributed by atoms with Crippen LogP contribution in [-0.2, 0) is 6.54 Å². The highest BCUT2D eigenvalue weighted by Crippen LogP contribution is 2.24. The molecule has 0 bridgehead atoms. The second-order valence-corrected chi connectivity index (χ2v) is 4.11. The van der Waals surface area contributed by atoms with Crippen LogP contribution in [0.15, 0.2) is 23.0 Å². The first-order valence-electron chi connectivity index (χ1n) is 5.47. The molecule has 1 aliphatic rings. The van der Waals surface area contributed by atoms with Gasteiger partial charge in [-0.15, -0.1) is 0 Å². The normalized spacial score (nSPS) is 17.3. The van der Waals surface area contributed by atoms with E-state index in [4.69, 9.17) is 4.74 Å². The number of nitrogens with zero attached hydrogens (tertiary/aromatic N) is 2. The van der Waals surface area contributed by atoms with Crippen molar-refractivity contribution in [2.24, 2.45) is 0 Å². The third-order valence-corrected chi connectivity index (χ3v) is 3.12. The molecule has 0 fully saturated rings. The number of aliphatic hydroxyl groups excluding tert-OH is 1. The molecule has 18 heavy (non-hydrogen) atoms. The van der Waals surface area contributed by atoms with Gasteiger partial charge in [-0.1, -0.05) is 0 Å². The van der Waals surface area contributed by atoms with Crippen molar-refractivity contribution in [1.82, 2.24) is 9.55 Å². The van der Waals surface area contributed by atoms with Gasteiger partial charge < -0.3 is 15.3 Å². The average Bonchev–Trinajstić information content (AvgIpc) is 2.72. The maximum absolute atomic E-state index is 12.2. The Hall–Kier alpha value is -1.92. The minimum absolute atomic E-state index is 0. The first-order chi connectivity index (χ1) is 8.20. The van der Waals surface area contributed by atoms with Gasteiger partial charge in [-0.25, -0.2) is 4.98 Å². The lowest BCUT2D eigenvalue weighted by molar-refractivity contribution is 0.176. The van der Waals surface area contributed by atoms with Gasteiger partial charge in [0.05, 0.1) is 18.0 Å². The Morgan fingerprint density at radius 1 is 1.50 bits per heavy atom. The van der Waals surface area contributed by atoms with Gasteiger partial charge in [-0.05, 0) is 24.6 Å². The molecule has 3 N–H and O–H groups in total. The van der Waals surface area contributed by atoms with E-state index in [0.29, 0.717) is 35.4 Å². The number of hydrogen-bond donors (Lipinski definition) is 1. The summed E-state index contributed by atoms with van der Waals surface area (Å²) in [5, 5.41) is 10.2. The SMILES string of the molecule is COc1ccc2nc3n(c(=O)c2c1)CC[C@@H]3O.O. The maximum Gasteiger partial charge on any atom is 0.261 e. The molecule has 0 spiro atoms. The zero-order chi connectivity index (χ0) is 12.0. The van der Waals surface area contributed by atoms with E-state index in [0.717, 1.165) is 0 Å². The summed E-state index contributed by atoms with van der Waals surface area (Å²) in [6.07, 6.45) is -0.0791. The molecule has 0 saturated heterocycles. The maximum atomic E-state index is 12.2. The van der Waals surface area contributed by atoms with E-state index >= 15 is 0 Å². The van der Waals surface area contributed by atoms with Crippen LogP contribution in [0.3, 0.4) is 0 Å². The lowest BCUT2D eigenvalue weighted by Gasteiger charge is -2.07. The van der Waals surface area contributed by atoms with E-state index in [1.165, 1.54) is 4.57 Å². The number of ether oxygens (including phenoxy) is 1. The third kappa shape index (κ3) is 1.66.